The Morgan fingerprint density at radius 3 is 2.74 bits per heavy atom. The average molecular weight is 312 g/mol. The van der Waals surface area contributed by atoms with Crippen LogP contribution in [0.1, 0.15) is 22.3 Å². The highest BCUT2D eigenvalue weighted by Crippen LogP contribution is 2.25. The molecule has 0 atom stereocenters. The van der Waals surface area contributed by atoms with Gasteiger partial charge in [-0.2, -0.15) is 5.10 Å². The van der Waals surface area contributed by atoms with Crippen molar-refractivity contribution in [1.82, 2.24) is 5.43 Å². The van der Waals surface area contributed by atoms with Gasteiger partial charge in [-0.3, -0.25) is 4.79 Å². The fourth-order valence-electron chi connectivity index (χ4n) is 2.21. The topological polar surface area (TPSA) is 70.9 Å². The van der Waals surface area contributed by atoms with Gasteiger partial charge in [-0.1, -0.05) is 23.8 Å². The monoisotopic (exact) mass is 312 g/mol. The fourth-order valence-corrected chi connectivity index (χ4v) is 2.21. The third-order valence-corrected chi connectivity index (χ3v) is 3.46. The molecule has 0 saturated carbocycles. The van der Waals surface area contributed by atoms with Gasteiger partial charge >= 0.3 is 0 Å². The number of hydrogen-bond donors (Lipinski definition) is 2. The lowest BCUT2D eigenvalue weighted by atomic mass is 10.0. The molecule has 5 nitrogen and oxygen atoms in total. The molecule has 0 radical (unpaired) electrons. The van der Waals surface area contributed by atoms with Crippen LogP contribution in [0.15, 0.2) is 41.5 Å². The van der Waals surface area contributed by atoms with Crippen LogP contribution in [0.5, 0.6) is 11.5 Å². The van der Waals surface area contributed by atoms with E-state index in [4.69, 9.17) is 4.74 Å². The van der Waals surface area contributed by atoms with Gasteiger partial charge in [-0.05, 0) is 48.7 Å². The Balaban J connectivity index is 1.96. The number of aryl methyl sites for hydroxylation is 2. The molecule has 5 heteroatoms. The van der Waals surface area contributed by atoms with Gasteiger partial charge in [-0.25, -0.2) is 5.43 Å². The molecule has 0 aliphatic heterocycles. The zero-order valence-corrected chi connectivity index (χ0v) is 13.5. The van der Waals surface area contributed by atoms with Crippen LogP contribution in [0.25, 0.3) is 0 Å². The summed E-state index contributed by atoms with van der Waals surface area (Å²) in [6.07, 6.45) is 1.78. The van der Waals surface area contributed by atoms with Crippen molar-refractivity contribution in [3.8, 4) is 11.5 Å². The fraction of sp³-hybridized carbons (Fsp3) is 0.222. The summed E-state index contributed by atoms with van der Waals surface area (Å²) in [6.45, 7) is 4.01. The maximum Gasteiger partial charge on any atom is 0.244 e. The molecule has 2 rings (SSSR count). The van der Waals surface area contributed by atoms with E-state index in [9.17, 15) is 9.90 Å². The van der Waals surface area contributed by atoms with Gasteiger partial charge in [0.2, 0.25) is 5.91 Å². The maximum absolute atomic E-state index is 11.9. The number of carbonyl (C=O) groups excluding carboxylic acids is 1. The molecular weight excluding hydrogens is 292 g/mol. The molecule has 2 aromatic carbocycles. The summed E-state index contributed by atoms with van der Waals surface area (Å²) in [5.74, 6) is 0.234. The number of methoxy groups -OCH3 is 1. The first-order chi connectivity index (χ1) is 11.0. The van der Waals surface area contributed by atoms with Crippen molar-refractivity contribution in [2.24, 2.45) is 5.10 Å². The maximum atomic E-state index is 11.9. The second kappa shape index (κ2) is 7.45. The predicted molar refractivity (Wildman–Crippen MR) is 90.0 cm³/mol. The number of hydrazone groups is 1. The van der Waals surface area contributed by atoms with Crippen molar-refractivity contribution in [3.05, 3.63) is 58.7 Å². The Kier molecular flexibility index (Phi) is 5.36. The molecule has 0 aliphatic carbocycles. The summed E-state index contributed by atoms with van der Waals surface area (Å²) in [7, 11) is 1.47. The van der Waals surface area contributed by atoms with Crippen LogP contribution in [-0.4, -0.2) is 24.3 Å². The Morgan fingerprint density at radius 1 is 1.26 bits per heavy atom. The van der Waals surface area contributed by atoms with Gasteiger partial charge in [0, 0.05) is 0 Å². The summed E-state index contributed by atoms with van der Waals surface area (Å²) in [4.78, 5) is 11.9. The van der Waals surface area contributed by atoms with E-state index in [0.29, 0.717) is 11.3 Å². The van der Waals surface area contributed by atoms with E-state index in [0.717, 1.165) is 11.1 Å². The molecule has 2 N–H and O–H groups in total. The van der Waals surface area contributed by atoms with Crippen LogP contribution in [0.4, 0.5) is 0 Å². The van der Waals surface area contributed by atoms with Crippen LogP contribution in [0.3, 0.4) is 0 Å². The summed E-state index contributed by atoms with van der Waals surface area (Å²) in [5, 5.41) is 13.4. The summed E-state index contributed by atoms with van der Waals surface area (Å²) in [5.41, 5.74) is 6.46. The largest absolute Gasteiger partial charge is 0.504 e. The van der Waals surface area contributed by atoms with Crippen molar-refractivity contribution >= 4 is 12.1 Å². The van der Waals surface area contributed by atoms with Gasteiger partial charge in [-0.15, -0.1) is 0 Å². The highest BCUT2D eigenvalue weighted by atomic mass is 16.5. The second-order valence-corrected chi connectivity index (χ2v) is 5.33. The summed E-state index contributed by atoms with van der Waals surface area (Å²) in [6, 6.07) is 10.8. The zero-order chi connectivity index (χ0) is 16.8. The average Bonchev–Trinajstić information content (AvgIpc) is 2.52. The first-order valence-electron chi connectivity index (χ1n) is 7.24. The summed E-state index contributed by atoms with van der Waals surface area (Å²) >= 11 is 0. The Hall–Kier alpha value is -2.82. The number of ether oxygens (including phenoxy) is 1. The minimum Gasteiger partial charge on any atom is -0.504 e. The van der Waals surface area contributed by atoms with E-state index in [-0.39, 0.29) is 18.1 Å². The van der Waals surface area contributed by atoms with Crippen LogP contribution in [-0.2, 0) is 11.2 Å². The standard InChI is InChI=1S/C18H20N2O3/c1-12-4-6-15(13(2)8-12)10-18(22)20-19-11-14-5-7-16(21)17(9-14)23-3/h4-9,11,21H,10H2,1-3H3,(H,20,22)/b19-11+. The number of rotatable bonds is 5. The normalized spacial score (nSPS) is 10.7. The number of amides is 1. The van der Waals surface area contributed by atoms with E-state index < -0.39 is 0 Å². The molecule has 23 heavy (non-hydrogen) atoms. The van der Waals surface area contributed by atoms with Gasteiger partial charge in [0.1, 0.15) is 0 Å². The molecule has 0 spiro atoms. The van der Waals surface area contributed by atoms with Gasteiger partial charge in [0.05, 0.1) is 19.7 Å². The molecule has 0 unspecified atom stereocenters. The molecule has 0 fully saturated rings. The second-order valence-electron chi connectivity index (χ2n) is 5.33. The quantitative estimate of drug-likeness (QED) is 0.659. The highest BCUT2D eigenvalue weighted by Gasteiger charge is 2.05. The third-order valence-electron chi connectivity index (χ3n) is 3.46. The van der Waals surface area contributed by atoms with Crippen molar-refractivity contribution in [1.29, 1.82) is 0 Å². The molecular formula is C18H20N2O3. The Labute approximate surface area is 135 Å². The van der Waals surface area contributed by atoms with Gasteiger partial charge in [0.25, 0.3) is 0 Å². The Bertz CT molecular complexity index is 739. The zero-order valence-electron chi connectivity index (χ0n) is 13.5. The lowest BCUT2D eigenvalue weighted by Crippen LogP contribution is -2.20. The van der Waals surface area contributed by atoms with Crippen molar-refractivity contribution in [2.45, 2.75) is 20.3 Å². The van der Waals surface area contributed by atoms with Gasteiger partial charge in [0.15, 0.2) is 11.5 Å². The molecule has 0 heterocycles. The number of benzene rings is 2. The first kappa shape index (κ1) is 16.5. The highest BCUT2D eigenvalue weighted by molar-refractivity contribution is 5.84. The SMILES string of the molecule is COc1cc(/C=N/NC(=O)Cc2ccc(C)cc2C)ccc1O. The van der Waals surface area contributed by atoms with Crippen molar-refractivity contribution in [2.75, 3.05) is 7.11 Å². The molecule has 1 amide bonds. The van der Waals surface area contributed by atoms with Crippen LogP contribution in [0, 0.1) is 13.8 Å². The van der Waals surface area contributed by atoms with Crippen molar-refractivity contribution < 1.29 is 14.6 Å². The van der Waals surface area contributed by atoms with E-state index >= 15 is 0 Å². The van der Waals surface area contributed by atoms with Gasteiger partial charge < -0.3 is 9.84 Å². The van der Waals surface area contributed by atoms with Crippen LogP contribution >= 0.6 is 0 Å². The van der Waals surface area contributed by atoms with E-state index in [1.165, 1.54) is 25.0 Å². The third kappa shape index (κ3) is 4.57. The molecule has 0 aromatic heterocycles. The van der Waals surface area contributed by atoms with E-state index in [1.54, 1.807) is 12.1 Å². The molecule has 120 valence electrons. The molecule has 0 bridgehead atoms. The minimum atomic E-state index is -0.182. The number of carbonyl (C=O) groups is 1. The van der Waals surface area contributed by atoms with Crippen molar-refractivity contribution in [3.63, 3.8) is 0 Å². The lowest BCUT2D eigenvalue weighted by Gasteiger charge is -2.06. The number of nitrogens with zero attached hydrogens (tertiary/aromatic N) is 1. The predicted octanol–water partition coefficient (Wildman–Crippen LogP) is 2.71. The van der Waals surface area contributed by atoms with E-state index in [1.807, 2.05) is 26.0 Å². The van der Waals surface area contributed by atoms with Crippen LogP contribution < -0.4 is 10.2 Å². The van der Waals surface area contributed by atoms with E-state index in [2.05, 4.69) is 16.6 Å². The number of phenols is 1. The Morgan fingerprint density at radius 2 is 2.04 bits per heavy atom. The summed E-state index contributed by atoms with van der Waals surface area (Å²) < 4.78 is 5.02. The van der Waals surface area contributed by atoms with Crippen LogP contribution in [0.2, 0.25) is 0 Å². The molecule has 2 aromatic rings. The number of aromatic hydroxyl groups is 1. The lowest BCUT2D eigenvalue weighted by molar-refractivity contribution is -0.120. The minimum absolute atomic E-state index is 0.0588. The molecule has 0 aliphatic rings. The number of nitrogens with one attached hydrogen (secondary N) is 1. The number of hydrogen-bond acceptors (Lipinski definition) is 4. The molecule has 0 saturated heterocycles. The number of phenolic OH excluding ortho intramolecular Hbond substituents is 1. The smallest absolute Gasteiger partial charge is 0.244 e. The first-order valence-corrected chi connectivity index (χ1v) is 7.24.